The SMILES string of the molecule is CCN(CC(=O)O)C1CC(NC(=O)Nc2ccc([N+](=O)[O-])c(C)c2)C1. The molecular weight excluding hydrogens is 328 g/mol. The second-order valence-electron chi connectivity index (χ2n) is 6.14. The molecule has 9 heteroatoms. The van der Waals surface area contributed by atoms with Crippen molar-refractivity contribution in [3.63, 3.8) is 0 Å². The summed E-state index contributed by atoms with van der Waals surface area (Å²) in [4.78, 5) is 35.0. The second-order valence-corrected chi connectivity index (χ2v) is 6.14. The zero-order valence-corrected chi connectivity index (χ0v) is 14.2. The molecule has 3 N–H and O–H groups in total. The highest BCUT2D eigenvalue weighted by Gasteiger charge is 2.34. The summed E-state index contributed by atoms with van der Waals surface area (Å²) >= 11 is 0. The number of nitro groups is 1. The molecule has 0 aliphatic heterocycles. The molecule has 0 aromatic heterocycles. The van der Waals surface area contributed by atoms with Crippen molar-refractivity contribution in [2.45, 2.75) is 38.8 Å². The minimum absolute atomic E-state index is 0.00214. The number of aliphatic carboxylic acids is 1. The zero-order valence-electron chi connectivity index (χ0n) is 14.2. The molecule has 1 aromatic carbocycles. The van der Waals surface area contributed by atoms with Crippen LogP contribution in [0.15, 0.2) is 18.2 Å². The van der Waals surface area contributed by atoms with Crippen LogP contribution in [-0.4, -0.2) is 52.1 Å². The molecule has 0 heterocycles. The number of carboxylic acids is 1. The Morgan fingerprint density at radius 3 is 2.60 bits per heavy atom. The molecule has 0 spiro atoms. The number of aryl methyl sites for hydroxylation is 1. The van der Waals surface area contributed by atoms with Gasteiger partial charge in [0.25, 0.3) is 5.69 Å². The molecule has 1 aliphatic rings. The van der Waals surface area contributed by atoms with Crippen LogP contribution < -0.4 is 10.6 Å². The number of hydrogen-bond donors (Lipinski definition) is 3. The number of likely N-dealkylation sites (N-methyl/N-ethyl adjacent to an activating group) is 1. The first-order chi connectivity index (χ1) is 11.8. The van der Waals surface area contributed by atoms with Crippen LogP contribution in [0.5, 0.6) is 0 Å². The molecule has 0 atom stereocenters. The van der Waals surface area contributed by atoms with E-state index in [1.165, 1.54) is 12.1 Å². The first-order valence-corrected chi connectivity index (χ1v) is 8.08. The van der Waals surface area contributed by atoms with Gasteiger partial charge in [0.15, 0.2) is 0 Å². The third-order valence-electron chi connectivity index (χ3n) is 4.36. The Balaban J connectivity index is 1.81. The third-order valence-corrected chi connectivity index (χ3v) is 4.36. The summed E-state index contributed by atoms with van der Waals surface area (Å²) in [6, 6.07) is 4.17. The Labute approximate surface area is 145 Å². The van der Waals surface area contributed by atoms with Gasteiger partial charge in [0.2, 0.25) is 0 Å². The molecule has 1 aromatic rings. The number of amides is 2. The molecule has 25 heavy (non-hydrogen) atoms. The highest BCUT2D eigenvalue weighted by molar-refractivity contribution is 5.89. The van der Waals surface area contributed by atoms with Crippen molar-refractivity contribution < 1.29 is 19.6 Å². The van der Waals surface area contributed by atoms with Gasteiger partial charge in [-0.25, -0.2) is 4.79 Å². The predicted molar refractivity (Wildman–Crippen MR) is 91.7 cm³/mol. The lowest BCUT2D eigenvalue weighted by Gasteiger charge is -2.42. The second kappa shape index (κ2) is 7.93. The van der Waals surface area contributed by atoms with E-state index in [-0.39, 0.29) is 30.3 Å². The average molecular weight is 350 g/mol. The van der Waals surface area contributed by atoms with Crippen molar-refractivity contribution in [3.8, 4) is 0 Å². The molecule has 1 aliphatic carbocycles. The van der Waals surface area contributed by atoms with E-state index >= 15 is 0 Å². The maximum Gasteiger partial charge on any atom is 0.319 e. The van der Waals surface area contributed by atoms with Crippen LogP contribution in [0.3, 0.4) is 0 Å². The topological polar surface area (TPSA) is 125 Å². The Morgan fingerprint density at radius 1 is 1.40 bits per heavy atom. The van der Waals surface area contributed by atoms with Crippen molar-refractivity contribution in [1.29, 1.82) is 0 Å². The summed E-state index contributed by atoms with van der Waals surface area (Å²) in [5, 5.41) is 25.1. The molecule has 0 radical (unpaired) electrons. The molecule has 0 bridgehead atoms. The molecule has 0 saturated heterocycles. The monoisotopic (exact) mass is 350 g/mol. The number of rotatable bonds is 7. The van der Waals surface area contributed by atoms with Crippen molar-refractivity contribution >= 4 is 23.4 Å². The number of benzene rings is 1. The highest BCUT2D eigenvalue weighted by Crippen LogP contribution is 2.26. The van der Waals surface area contributed by atoms with Crippen LogP contribution in [0, 0.1) is 17.0 Å². The molecule has 1 fully saturated rings. The third kappa shape index (κ3) is 4.90. The normalized spacial score (nSPS) is 19.2. The maximum atomic E-state index is 12.0. The van der Waals surface area contributed by atoms with Gasteiger partial charge in [-0.05, 0) is 38.4 Å². The molecule has 1 saturated carbocycles. The largest absolute Gasteiger partial charge is 0.480 e. The zero-order chi connectivity index (χ0) is 18.6. The number of anilines is 1. The number of urea groups is 1. The average Bonchev–Trinajstić information content (AvgIpc) is 2.48. The number of carbonyl (C=O) groups is 2. The van der Waals surface area contributed by atoms with E-state index in [9.17, 15) is 19.7 Å². The number of carboxylic acid groups (broad SMARTS) is 1. The summed E-state index contributed by atoms with van der Waals surface area (Å²) < 4.78 is 0. The fourth-order valence-electron chi connectivity index (χ4n) is 2.97. The lowest BCUT2D eigenvalue weighted by Crippen LogP contribution is -2.55. The number of nitro benzene ring substituents is 1. The van der Waals surface area contributed by atoms with Crippen LogP contribution in [0.2, 0.25) is 0 Å². The number of nitrogens with one attached hydrogen (secondary N) is 2. The first-order valence-electron chi connectivity index (χ1n) is 8.08. The summed E-state index contributed by atoms with van der Waals surface area (Å²) in [7, 11) is 0. The van der Waals surface area contributed by atoms with Gasteiger partial charge in [-0.15, -0.1) is 0 Å². The van der Waals surface area contributed by atoms with E-state index in [1.807, 2.05) is 11.8 Å². The van der Waals surface area contributed by atoms with Crippen LogP contribution in [-0.2, 0) is 4.79 Å². The van der Waals surface area contributed by atoms with E-state index in [0.29, 0.717) is 30.6 Å². The Morgan fingerprint density at radius 2 is 2.08 bits per heavy atom. The minimum Gasteiger partial charge on any atom is -0.480 e. The summed E-state index contributed by atoms with van der Waals surface area (Å²) in [6.45, 7) is 4.17. The van der Waals surface area contributed by atoms with Gasteiger partial charge >= 0.3 is 12.0 Å². The summed E-state index contributed by atoms with van der Waals surface area (Å²) in [6.07, 6.45) is 1.40. The highest BCUT2D eigenvalue weighted by atomic mass is 16.6. The maximum absolute atomic E-state index is 12.0. The number of hydrogen-bond acceptors (Lipinski definition) is 5. The predicted octanol–water partition coefficient (Wildman–Crippen LogP) is 1.96. The Bertz CT molecular complexity index is 672. The number of carbonyl (C=O) groups excluding carboxylic acids is 1. The van der Waals surface area contributed by atoms with Crippen molar-refractivity contribution in [3.05, 3.63) is 33.9 Å². The summed E-state index contributed by atoms with van der Waals surface area (Å²) in [5.41, 5.74) is 0.960. The van der Waals surface area contributed by atoms with Gasteiger partial charge < -0.3 is 15.7 Å². The van der Waals surface area contributed by atoms with E-state index < -0.39 is 10.9 Å². The van der Waals surface area contributed by atoms with Crippen molar-refractivity contribution in [1.82, 2.24) is 10.2 Å². The Hall–Kier alpha value is -2.68. The molecule has 2 amide bonds. The Kier molecular flexibility index (Phi) is 5.92. The molecule has 9 nitrogen and oxygen atoms in total. The lowest BCUT2D eigenvalue weighted by atomic mass is 9.85. The van der Waals surface area contributed by atoms with Gasteiger partial charge in [-0.2, -0.15) is 0 Å². The fraction of sp³-hybridized carbons (Fsp3) is 0.500. The van der Waals surface area contributed by atoms with Gasteiger partial charge in [-0.3, -0.25) is 19.8 Å². The van der Waals surface area contributed by atoms with E-state index in [4.69, 9.17) is 5.11 Å². The standard InChI is InChI=1S/C16H22N4O5/c1-3-19(9-15(21)22)13-7-12(8-13)18-16(23)17-11-4-5-14(20(24)25)10(2)6-11/h4-6,12-13H,3,7-9H2,1-2H3,(H,21,22)(H2,17,18,23). The smallest absolute Gasteiger partial charge is 0.319 e. The van der Waals surface area contributed by atoms with Crippen molar-refractivity contribution in [2.24, 2.45) is 0 Å². The van der Waals surface area contributed by atoms with Crippen LogP contribution in [0.25, 0.3) is 0 Å². The van der Waals surface area contributed by atoms with Crippen LogP contribution in [0.1, 0.15) is 25.3 Å². The van der Waals surface area contributed by atoms with E-state index in [0.717, 1.165) is 0 Å². The van der Waals surface area contributed by atoms with Gasteiger partial charge in [-0.1, -0.05) is 6.92 Å². The van der Waals surface area contributed by atoms with Crippen LogP contribution in [0.4, 0.5) is 16.2 Å². The van der Waals surface area contributed by atoms with E-state index in [2.05, 4.69) is 10.6 Å². The van der Waals surface area contributed by atoms with Gasteiger partial charge in [0.05, 0.1) is 11.5 Å². The van der Waals surface area contributed by atoms with E-state index in [1.54, 1.807) is 13.0 Å². The van der Waals surface area contributed by atoms with Gasteiger partial charge in [0, 0.05) is 29.4 Å². The number of nitrogens with zero attached hydrogens (tertiary/aromatic N) is 2. The molecule has 2 rings (SSSR count). The molecular formula is C16H22N4O5. The quantitative estimate of drug-likeness (QED) is 0.510. The summed E-state index contributed by atoms with van der Waals surface area (Å²) in [5.74, 6) is -0.857. The first kappa shape index (κ1) is 18.7. The minimum atomic E-state index is -0.857. The molecule has 0 unspecified atom stereocenters. The lowest BCUT2D eigenvalue weighted by molar-refractivity contribution is -0.385. The van der Waals surface area contributed by atoms with Gasteiger partial charge in [0.1, 0.15) is 0 Å². The van der Waals surface area contributed by atoms with Crippen molar-refractivity contribution in [2.75, 3.05) is 18.4 Å². The van der Waals surface area contributed by atoms with Crippen LogP contribution >= 0.6 is 0 Å². The molecule has 136 valence electrons. The fourth-order valence-corrected chi connectivity index (χ4v) is 2.97.